The summed E-state index contributed by atoms with van der Waals surface area (Å²) in [4.78, 5) is 33.9. The first-order valence-electron chi connectivity index (χ1n) is 14.1. The average Bonchev–Trinajstić information content (AvgIpc) is 3.25. The third kappa shape index (κ3) is 3.77. The molecule has 2 aliphatic heterocycles. The molecule has 2 aromatic heterocycles. The maximum Gasteiger partial charge on any atom is 0.343 e. The number of ether oxygens (including phenoxy) is 2. The number of hydrogen-bond acceptors (Lipinski definition) is 7. The van der Waals surface area contributed by atoms with Crippen molar-refractivity contribution in [2.45, 2.75) is 65.8 Å². The minimum absolute atomic E-state index is 0.00537. The molecule has 0 amide bonds. The quantitative estimate of drug-likeness (QED) is 0.393. The van der Waals surface area contributed by atoms with E-state index in [-0.39, 0.29) is 42.2 Å². The second kappa shape index (κ2) is 8.96. The topological polar surface area (TPSA) is 93.9 Å². The summed E-state index contributed by atoms with van der Waals surface area (Å²) in [5.74, 6) is -0.657. The molecule has 0 radical (unpaired) electrons. The Labute approximate surface area is 221 Å². The number of aromatic nitrogens is 2. The number of esters is 1. The van der Waals surface area contributed by atoms with Crippen LogP contribution in [0.15, 0.2) is 23.0 Å². The van der Waals surface area contributed by atoms with Gasteiger partial charge in [-0.2, -0.15) is 0 Å². The van der Waals surface area contributed by atoms with E-state index in [0.29, 0.717) is 16.8 Å². The lowest BCUT2D eigenvalue weighted by molar-refractivity contribution is -0.174. The minimum Gasteiger partial charge on any atom is -0.496 e. The summed E-state index contributed by atoms with van der Waals surface area (Å²) >= 11 is 0. The third-order valence-electron chi connectivity index (χ3n) is 7.63. The molecule has 1 aromatic carbocycles. The second-order valence-electron chi connectivity index (χ2n) is 10.5. The van der Waals surface area contributed by atoms with Gasteiger partial charge >= 0.3 is 5.97 Å². The Kier molecular flexibility index (Phi) is 5.28. The Morgan fingerprint density at radius 2 is 2.08 bits per heavy atom. The Morgan fingerprint density at radius 1 is 1.35 bits per heavy atom. The molecular formula is C29H35N3O5. The van der Waals surface area contributed by atoms with Gasteiger partial charge in [-0.05, 0) is 63.5 Å². The molecule has 0 bridgehead atoms. The average molecular weight is 509 g/mol. The van der Waals surface area contributed by atoms with Crippen molar-refractivity contribution in [1.29, 1.82) is 0 Å². The van der Waals surface area contributed by atoms with Gasteiger partial charge in [-0.15, -0.1) is 0 Å². The number of methoxy groups -OCH3 is 1. The van der Waals surface area contributed by atoms with Gasteiger partial charge in [-0.3, -0.25) is 9.69 Å². The number of benzene rings is 1. The van der Waals surface area contributed by atoms with Gasteiger partial charge in [0, 0.05) is 28.1 Å². The number of aliphatic hydroxyl groups is 1. The highest BCUT2D eigenvalue weighted by atomic mass is 16.6. The molecule has 2 aliphatic rings. The van der Waals surface area contributed by atoms with Gasteiger partial charge in [0.1, 0.15) is 12.3 Å². The van der Waals surface area contributed by atoms with E-state index < -0.39 is 29.3 Å². The first-order chi connectivity index (χ1) is 18.7. The van der Waals surface area contributed by atoms with E-state index in [9.17, 15) is 14.7 Å². The van der Waals surface area contributed by atoms with Gasteiger partial charge in [-0.1, -0.05) is 20.8 Å². The molecule has 0 aliphatic carbocycles. The maximum absolute atomic E-state index is 13.9. The summed E-state index contributed by atoms with van der Waals surface area (Å²) in [6, 6.07) is 3.56. The van der Waals surface area contributed by atoms with E-state index in [1.165, 1.54) is 4.57 Å². The molecule has 0 fully saturated rings. The molecule has 1 unspecified atom stereocenters. The molecule has 37 heavy (non-hydrogen) atoms. The number of cyclic esters (lactones) is 1. The van der Waals surface area contributed by atoms with Crippen LogP contribution in [0, 0.1) is 12.8 Å². The Bertz CT molecular complexity index is 1630. The fourth-order valence-corrected chi connectivity index (χ4v) is 5.57. The normalized spacial score (nSPS) is 21.7. The largest absolute Gasteiger partial charge is 0.496 e. The summed E-state index contributed by atoms with van der Waals surface area (Å²) in [7, 11) is 3.67. The van der Waals surface area contributed by atoms with Crippen LogP contribution in [-0.2, 0) is 28.2 Å². The number of carbonyl (C=O) groups is 1. The molecule has 8 nitrogen and oxygen atoms in total. The van der Waals surface area contributed by atoms with Crippen LogP contribution in [0.5, 0.6) is 5.75 Å². The number of pyridine rings is 2. The zero-order valence-corrected chi connectivity index (χ0v) is 22.4. The second-order valence-corrected chi connectivity index (χ2v) is 10.5. The number of hydrogen-bond donors (Lipinski definition) is 1. The molecule has 196 valence electrons. The van der Waals surface area contributed by atoms with Crippen molar-refractivity contribution in [2.24, 2.45) is 5.92 Å². The molecular weight excluding hydrogens is 470 g/mol. The summed E-state index contributed by atoms with van der Waals surface area (Å²) in [5, 5.41) is 12.4. The Morgan fingerprint density at radius 3 is 2.73 bits per heavy atom. The SMILES string of the molecule is [2H]c1c2c(c(=O)n3c1-c1nc4cc(C)c(OC)c(C(C)N(C)CC)c4cc1C3)C([2H])([2H])OC(=O)[C@]2(O)CC(C)C. The number of carbonyl (C=O) groups excluding carboxylic acids is 1. The van der Waals surface area contributed by atoms with Crippen molar-refractivity contribution in [1.82, 2.24) is 14.5 Å². The lowest BCUT2D eigenvalue weighted by Crippen LogP contribution is -2.45. The highest BCUT2D eigenvalue weighted by molar-refractivity contribution is 5.90. The smallest absolute Gasteiger partial charge is 0.343 e. The number of nitrogens with zero attached hydrogens (tertiary/aromatic N) is 3. The first-order valence-corrected chi connectivity index (χ1v) is 12.6. The highest BCUT2D eigenvalue weighted by Crippen LogP contribution is 2.43. The van der Waals surface area contributed by atoms with Gasteiger partial charge in [0.2, 0.25) is 0 Å². The van der Waals surface area contributed by atoms with Crippen LogP contribution in [0.4, 0.5) is 0 Å². The van der Waals surface area contributed by atoms with Crippen LogP contribution in [-0.4, -0.2) is 46.2 Å². The van der Waals surface area contributed by atoms with Crippen molar-refractivity contribution in [3.8, 4) is 17.1 Å². The van der Waals surface area contributed by atoms with Crippen LogP contribution in [0.25, 0.3) is 22.3 Å². The van der Waals surface area contributed by atoms with E-state index in [4.69, 9.17) is 18.6 Å². The summed E-state index contributed by atoms with van der Waals surface area (Å²) in [6.07, 6.45) is -0.132. The molecule has 3 aromatic rings. The van der Waals surface area contributed by atoms with Crippen molar-refractivity contribution in [3.05, 3.63) is 56.3 Å². The Balaban J connectivity index is 1.84. The van der Waals surface area contributed by atoms with Gasteiger partial charge in [0.25, 0.3) is 5.56 Å². The number of fused-ring (bicyclic) bond motifs is 5. The van der Waals surface area contributed by atoms with Crippen molar-refractivity contribution in [3.63, 3.8) is 0 Å². The van der Waals surface area contributed by atoms with Gasteiger partial charge in [0.05, 0.1) is 40.2 Å². The summed E-state index contributed by atoms with van der Waals surface area (Å²) < 4.78 is 38.0. The number of rotatable bonds is 6. The monoisotopic (exact) mass is 508 g/mol. The molecule has 8 heteroatoms. The zero-order chi connectivity index (χ0) is 29.5. The Hall–Kier alpha value is -3.23. The molecule has 0 spiro atoms. The van der Waals surface area contributed by atoms with Crippen molar-refractivity contribution in [2.75, 3.05) is 20.7 Å². The third-order valence-corrected chi connectivity index (χ3v) is 7.63. The summed E-state index contributed by atoms with van der Waals surface area (Å²) in [5.41, 5.74) is -0.189. The van der Waals surface area contributed by atoms with Crippen LogP contribution in [0.1, 0.15) is 72.1 Å². The van der Waals surface area contributed by atoms with Gasteiger partial charge in [0.15, 0.2) is 5.60 Å². The van der Waals surface area contributed by atoms with Crippen molar-refractivity contribution >= 4 is 16.9 Å². The fourth-order valence-electron chi connectivity index (χ4n) is 5.57. The lowest BCUT2D eigenvalue weighted by Gasteiger charge is -2.33. The summed E-state index contributed by atoms with van der Waals surface area (Å²) in [6.45, 7) is 7.76. The fraction of sp³-hybridized carbons (Fsp3) is 0.483. The molecule has 4 heterocycles. The van der Waals surface area contributed by atoms with E-state index in [2.05, 4.69) is 18.7 Å². The lowest BCUT2D eigenvalue weighted by atomic mass is 9.82. The molecule has 0 saturated carbocycles. The number of aryl methyl sites for hydroxylation is 1. The van der Waals surface area contributed by atoms with Gasteiger partial charge in [-0.25, -0.2) is 9.78 Å². The molecule has 0 saturated heterocycles. The van der Waals surface area contributed by atoms with E-state index in [0.717, 1.165) is 28.8 Å². The van der Waals surface area contributed by atoms with Crippen LogP contribution < -0.4 is 10.3 Å². The van der Waals surface area contributed by atoms with Crippen molar-refractivity contribution < 1.29 is 23.5 Å². The molecule has 5 rings (SSSR count). The van der Waals surface area contributed by atoms with Crippen LogP contribution in [0.2, 0.25) is 0 Å². The molecule has 2 atom stereocenters. The zero-order valence-electron chi connectivity index (χ0n) is 25.4. The standard InChI is InChI=1S/C29H35N3O5/c1-8-31(6)17(5)24-19-10-18-13-32-23(25(18)30-22(19)9-16(4)26(24)36-7)11-21-20(27(32)33)14-37-28(34)29(21,35)12-15(2)3/h9-11,15,17,35H,8,12-14H2,1-7H3/t17?,29-/m0/s1/i11D,14D2. The first kappa shape index (κ1) is 21.8. The maximum atomic E-state index is 13.9. The van der Waals surface area contributed by atoms with Gasteiger partial charge < -0.3 is 19.1 Å². The predicted octanol–water partition coefficient (Wildman–Crippen LogP) is 4.05. The van der Waals surface area contributed by atoms with E-state index >= 15 is 0 Å². The van der Waals surface area contributed by atoms with E-state index in [1.54, 1.807) is 21.0 Å². The minimum atomic E-state index is -2.80. The van der Waals surface area contributed by atoms with Crippen LogP contribution in [0.3, 0.4) is 0 Å². The van der Waals surface area contributed by atoms with E-state index in [1.807, 2.05) is 26.1 Å². The molecule has 1 N–H and O–H groups in total. The predicted molar refractivity (Wildman–Crippen MR) is 142 cm³/mol. The van der Waals surface area contributed by atoms with Crippen LogP contribution >= 0.6 is 0 Å². The highest BCUT2D eigenvalue weighted by Gasteiger charge is 2.47.